The van der Waals surface area contributed by atoms with Gasteiger partial charge in [-0.15, -0.1) is 0 Å². The Hall–Kier alpha value is -4.38. The van der Waals surface area contributed by atoms with Gasteiger partial charge in [0, 0.05) is 61.2 Å². The molecule has 40 heavy (non-hydrogen) atoms. The van der Waals surface area contributed by atoms with Crippen LogP contribution in [0, 0.1) is 13.8 Å². The molecule has 9 nitrogen and oxygen atoms in total. The minimum Gasteiger partial charge on any atom is -0.373 e. The summed E-state index contributed by atoms with van der Waals surface area (Å²) in [6, 6.07) is 13.6. The van der Waals surface area contributed by atoms with E-state index in [1.807, 2.05) is 39.8 Å². The van der Waals surface area contributed by atoms with Crippen molar-refractivity contribution in [3.63, 3.8) is 0 Å². The fourth-order valence-electron chi connectivity index (χ4n) is 4.04. The molecule has 4 N–H and O–H groups in total. The van der Waals surface area contributed by atoms with Gasteiger partial charge < -0.3 is 21.3 Å². The summed E-state index contributed by atoms with van der Waals surface area (Å²) < 4.78 is 30.1. The van der Waals surface area contributed by atoms with E-state index >= 15 is 0 Å². The third-order valence-corrected chi connectivity index (χ3v) is 6.19. The zero-order valence-corrected chi connectivity index (χ0v) is 23.4. The monoisotopic (exact) mass is 548 g/mol. The topological polar surface area (TPSA) is 109 Å². The molecule has 0 aliphatic carbocycles. The predicted molar refractivity (Wildman–Crippen MR) is 154 cm³/mol. The molecule has 0 atom stereocenters. The van der Waals surface area contributed by atoms with Crippen LogP contribution >= 0.6 is 0 Å². The van der Waals surface area contributed by atoms with Crippen molar-refractivity contribution in [1.82, 2.24) is 25.1 Å². The molecule has 0 aliphatic heterocycles. The Bertz CT molecular complexity index is 1510. The van der Waals surface area contributed by atoms with Crippen LogP contribution in [0.4, 0.5) is 31.8 Å². The average molecular weight is 549 g/mol. The van der Waals surface area contributed by atoms with Crippen LogP contribution in [-0.2, 0) is 12.5 Å². The highest BCUT2D eigenvalue weighted by atomic mass is 19.3. The lowest BCUT2D eigenvalue weighted by atomic mass is 10.0. The van der Waals surface area contributed by atoms with Crippen molar-refractivity contribution in [3.05, 3.63) is 82.8 Å². The Labute approximate surface area is 232 Å². The Morgan fingerprint density at radius 3 is 2.52 bits per heavy atom. The number of hydrogen-bond acceptors (Lipinski definition) is 7. The average Bonchev–Trinajstić information content (AvgIpc) is 3.28. The lowest BCUT2D eigenvalue weighted by molar-refractivity contribution is 0.0173. The molecular formula is C29H34F2N8O. The molecule has 4 aromatic rings. The van der Waals surface area contributed by atoms with E-state index in [1.54, 1.807) is 36.0 Å². The van der Waals surface area contributed by atoms with E-state index in [2.05, 4.69) is 36.3 Å². The van der Waals surface area contributed by atoms with E-state index in [4.69, 9.17) is 0 Å². The van der Waals surface area contributed by atoms with E-state index in [1.165, 1.54) is 18.5 Å². The molecule has 2 aromatic heterocycles. The molecule has 210 valence electrons. The third kappa shape index (κ3) is 6.97. The molecule has 0 aliphatic rings. The summed E-state index contributed by atoms with van der Waals surface area (Å²) in [5.74, 6) is -1.66. The summed E-state index contributed by atoms with van der Waals surface area (Å²) in [4.78, 5) is 21.7. The van der Waals surface area contributed by atoms with Gasteiger partial charge >= 0.3 is 0 Å². The maximum Gasteiger partial charge on any atom is 0.270 e. The van der Waals surface area contributed by atoms with Gasteiger partial charge in [-0.2, -0.15) is 9.78 Å². The number of benzene rings is 2. The molecule has 0 saturated carbocycles. The number of amides is 1. The first kappa shape index (κ1) is 28.6. The molecule has 0 fully saturated rings. The van der Waals surface area contributed by atoms with Gasteiger partial charge in [-0.3, -0.25) is 4.79 Å². The number of carbonyl (C=O) groups excluding carboxylic acids is 1. The molecule has 0 bridgehead atoms. The summed E-state index contributed by atoms with van der Waals surface area (Å²) in [6.45, 7) is 8.95. The van der Waals surface area contributed by atoms with Crippen molar-refractivity contribution in [1.29, 1.82) is 0 Å². The molecule has 0 unspecified atom stereocenters. The van der Waals surface area contributed by atoms with Gasteiger partial charge in [0.25, 0.3) is 11.8 Å². The molecule has 11 heteroatoms. The first-order chi connectivity index (χ1) is 18.9. The van der Waals surface area contributed by atoms with E-state index in [0.29, 0.717) is 35.2 Å². The van der Waals surface area contributed by atoms with Gasteiger partial charge in [0.2, 0.25) is 0 Å². The van der Waals surface area contributed by atoms with E-state index < -0.39 is 11.8 Å². The van der Waals surface area contributed by atoms with Crippen molar-refractivity contribution < 1.29 is 13.6 Å². The van der Waals surface area contributed by atoms with Crippen LogP contribution < -0.4 is 21.3 Å². The first-order valence-electron chi connectivity index (χ1n) is 12.9. The van der Waals surface area contributed by atoms with Gasteiger partial charge in [0.15, 0.2) is 5.82 Å². The van der Waals surface area contributed by atoms with Crippen LogP contribution in [0.5, 0.6) is 0 Å². The highest BCUT2D eigenvalue weighted by Gasteiger charge is 2.26. The number of nitrogens with one attached hydrogen (secondary N) is 4. The zero-order chi connectivity index (χ0) is 29.0. The largest absolute Gasteiger partial charge is 0.373 e. The second-order valence-corrected chi connectivity index (χ2v) is 10.0. The number of aryl methyl sites for hydroxylation is 2. The normalized spacial score (nSPS) is 11.5. The van der Waals surface area contributed by atoms with Crippen molar-refractivity contribution in [2.24, 2.45) is 0 Å². The van der Waals surface area contributed by atoms with Crippen molar-refractivity contribution in [2.75, 3.05) is 23.0 Å². The fourth-order valence-corrected chi connectivity index (χ4v) is 4.04. The molecule has 2 heterocycles. The molecular weight excluding hydrogens is 514 g/mol. The van der Waals surface area contributed by atoms with Crippen LogP contribution in [-0.4, -0.2) is 38.7 Å². The number of alkyl halides is 2. The van der Waals surface area contributed by atoms with Crippen LogP contribution in [0.15, 0.2) is 54.9 Å². The molecule has 0 spiro atoms. The smallest absolute Gasteiger partial charge is 0.270 e. The lowest BCUT2D eigenvalue weighted by Gasteiger charge is -2.17. The summed E-state index contributed by atoms with van der Waals surface area (Å²) >= 11 is 0. The van der Waals surface area contributed by atoms with Crippen LogP contribution in [0.25, 0.3) is 5.82 Å². The Kier molecular flexibility index (Phi) is 8.43. The highest BCUT2D eigenvalue weighted by molar-refractivity contribution is 6.04. The minimum absolute atomic E-state index is 0.160. The van der Waals surface area contributed by atoms with Gasteiger partial charge in [-0.05, 0) is 55.3 Å². The summed E-state index contributed by atoms with van der Waals surface area (Å²) in [7, 11) is 1.77. The van der Waals surface area contributed by atoms with Gasteiger partial charge in [0.05, 0.1) is 5.69 Å². The highest BCUT2D eigenvalue weighted by Crippen LogP contribution is 2.30. The number of anilines is 4. The maximum absolute atomic E-state index is 14.2. The molecule has 0 radical (unpaired) electrons. The number of hydrogen-bond donors (Lipinski definition) is 4. The number of carbonyl (C=O) groups is 1. The first-order valence-corrected chi connectivity index (χ1v) is 12.9. The van der Waals surface area contributed by atoms with Gasteiger partial charge in [0.1, 0.15) is 18.0 Å². The van der Waals surface area contributed by atoms with E-state index in [0.717, 1.165) is 23.9 Å². The predicted octanol–water partition coefficient (Wildman–Crippen LogP) is 5.93. The zero-order valence-electron chi connectivity index (χ0n) is 23.4. The van der Waals surface area contributed by atoms with Crippen molar-refractivity contribution >= 4 is 28.9 Å². The quantitative estimate of drug-likeness (QED) is 0.195. The van der Waals surface area contributed by atoms with E-state index in [9.17, 15) is 13.6 Å². The van der Waals surface area contributed by atoms with Crippen LogP contribution in [0.3, 0.4) is 0 Å². The molecule has 1 amide bonds. The van der Waals surface area contributed by atoms with E-state index in [-0.39, 0.29) is 17.2 Å². The Morgan fingerprint density at radius 2 is 1.82 bits per heavy atom. The van der Waals surface area contributed by atoms with Gasteiger partial charge in [-0.25, -0.2) is 18.7 Å². The van der Waals surface area contributed by atoms with Gasteiger partial charge in [-0.1, -0.05) is 19.9 Å². The summed E-state index contributed by atoms with van der Waals surface area (Å²) in [5.41, 5.74) is 3.52. The SMILES string of the molecule is CNc1cc(-n2nc(C)cc2Nc2cc(NC(=O)c3cc(CNC(C)C)cc(C(C)(F)F)c3)ccc2C)ncn1. The molecule has 4 rings (SSSR count). The van der Waals surface area contributed by atoms with Crippen LogP contribution in [0.1, 0.15) is 53.5 Å². The fraction of sp³-hybridized carbons (Fsp3) is 0.310. The number of aromatic nitrogens is 4. The molecule has 0 saturated heterocycles. The van der Waals surface area contributed by atoms with Crippen LogP contribution in [0.2, 0.25) is 0 Å². The third-order valence-electron chi connectivity index (χ3n) is 6.19. The number of rotatable bonds is 10. The van der Waals surface area contributed by atoms with Crippen molar-refractivity contribution in [2.45, 2.75) is 53.1 Å². The Morgan fingerprint density at radius 1 is 1.05 bits per heavy atom. The number of nitrogens with zero attached hydrogens (tertiary/aromatic N) is 4. The second kappa shape index (κ2) is 11.8. The minimum atomic E-state index is -3.08. The maximum atomic E-state index is 14.2. The van der Waals surface area contributed by atoms with Crippen molar-refractivity contribution in [3.8, 4) is 5.82 Å². The standard InChI is InChI=1S/C29H34F2N8O/c1-17(2)33-15-20-10-21(12-22(11-20)29(5,30)31)28(40)36-23-8-7-18(3)24(13-23)37-27-9-19(4)38-39(27)26-14-25(32-6)34-16-35-26/h7-14,16-17,33,37H,15H2,1-6H3,(H,36,40)(H,32,34,35). The molecule has 2 aromatic carbocycles. The second-order valence-electron chi connectivity index (χ2n) is 10.0. The lowest BCUT2D eigenvalue weighted by Crippen LogP contribution is -2.23. The Balaban J connectivity index is 1.60. The number of halogens is 2. The summed E-state index contributed by atoms with van der Waals surface area (Å²) in [6.07, 6.45) is 1.46. The summed E-state index contributed by atoms with van der Waals surface area (Å²) in [5, 5.41) is 17.0.